The fraction of sp³-hybridized carbons (Fsp3) is 0.316. The second-order valence-corrected chi connectivity index (χ2v) is 8.85. The van der Waals surface area contributed by atoms with E-state index in [1.165, 1.54) is 50.4 Å². The molecule has 2 rings (SSSR count). The third-order valence-electron chi connectivity index (χ3n) is 4.07. The fourth-order valence-electron chi connectivity index (χ4n) is 2.60. The van der Waals surface area contributed by atoms with E-state index in [0.29, 0.717) is 18.1 Å². The van der Waals surface area contributed by atoms with Crippen molar-refractivity contribution in [3.63, 3.8) is 0 Å². The van der Waals surface area contributed by atoms with Gasteiger partial charge in [0.15, 0.2) is 0 Å². The summed E-state index contributed by atoms with van der Waals surface area (Å²) in [7, 11) is -2.76. The normalized spacial score (nSPS) is 12.4. The van der Waals surface area contributed by atoms with Gasteiger partial charge in [-0.15, -0.1) is 0 Å². The highest BCUT2D eigenvalue weighted by molar-refractivity contribution is 7.93. The van der Waals surface area contributed by atoms with Crippen LogP contribution in [0.25, 0.3) is 0 Å². The molecule has 1 amide bonds. The molecule has 2 aromatic carbocycles. The van der Waals surface area contributed by atoms with Crippen LogP contribution in [0.4, 0.5) is 10.1 Å². The molecule has 0 aliphatic carbocycles. The molecule has 1 N–H and O–H groups in total. The highest BCUT2D eigenvalue weighted by Gasteiger charge is 2.35. The van der Waals surface area contributed by atoms with Crippen LogP contribution in [0.1, 0.15) is 13.3 Å². The number of carbonyl (C=O) groups is 1. The van der Waals surface area contributed by atoms with Crippen LogP contribution in [0.3, 0.4) is 0 Å². The maximum Gasteiger partial charge on any atom is 0.265 e. The number of nitrogens with zero attached hydrogens (tertiary/aromatic N) is 1. The number of nitrogens with one attached hydrogen (secondary N) is 1. The van der Waals surface area contributed by atoms with Gasteiger partial charge in [0.25, 0.3) is 10.0 Å². The van der Waals surface area contributed by atoms with E-state index >= 15 is 0 Å². The van der Waals surface area contributed by atoms with Crippen molar-refractivity contribution in [1.82, 2.24) is 5.32 Å². The molecule has 0 fully saturated rings. The number of amides is 1. The third-order valence-corrected chi connectivity index (χ3v) is 6.46. The predicted molar refractivity (Wildman–Crippen MR) is 111 cm³/mol. The lowest BCUT2D eigenvalue weighted by Crippen LogP contribution is -2.48. The molecule has 1 atom stereocenters. The Hall–Kier alpha value is -1.87. The SMILES string of the molecule is COCCCNC(=O)C(C)N(c1cc(Cl)ccc1F)S(=O)(=O)c1ccc(Cl)cc1. The summed E-state index contributed by atoms with van der Waals surface area (Å²) in [4.78, 5) is 12.5. The molecule has 0 aliphatic heterocycles. The van der Waals surface area contributed by atoms with Gasteiger partial charge in [-0.1, -0.05) is 23.2 Å². The Bertz CT molecular complexity index is 955. The molecule has 0 heterocycles. The first-order valence-corrected chi connectivity index (χ1v) is 10.9. The Kier molecular flexibility index (Phi) is 8.27. The van der Waals surface area contributed by atoms with Gasteiger partial charge < -0.3 is 10.1 Å². The van der Waals surface area contributed by atoms with E-state index in [4.69, 9.17) is 27.9 Å². The first-order chi connectivity index (χ1) is 13.7. The van der Waals surface area contributed by atoms with Crippen LogP contribution in [0.2, 0.25) is 10.0 Å². The average molecular weight is 463 g/mol. The number of anilines is 1. The van der Waals surface area contributed by atoms with Gasteiger partial charge in [0.05, 0.1) is 10.6 Å². The Morgan fingerprint density at radius 3 is 2.41 bits per heavy atom. The lowest BCUT2D eigenvalue weighted by Gasteiger charge is -2.30. The molecule has 10 heteroatoms. The highest BCUT2D eigenvalue weighted by atomic mass is 35.5. The van der Waals surface area contributed by atoms with Crippen LogP contribution in [-0.4, -0.2) is 40.6 Å². The minimum absolute atomic E-state index is 0.130. The van der Waals surface area contributed by atoms with Crippen LogP contribution in [0.5, 0.6) is 0 Å². The second kappa shape index (κ2) is 10.2. The number of carbonyl (C=O) groups excluding carboxylic acids is 1. The van der Waals surface area contributed by atoms with Gasteiger partial charge in [-0.3, -0.25) is 9.10 Å². The van der Waals surface area contributed by atoms with E-state index in [2.05, 4.69) is 5.32 Å². The molecular weight excluding hydrogens is 442 g/mol. The van der Waals surface area contributed by atoms with Crippen LogP contribution >= 0.6 is 23.2 Å². The summed E-state index contributed by atoms with van der Waals surface area (Å²) in [5.41, 5.74) is -0.327. The number of sulfonamides is 1. The zero-order chi connectivity index (χ0) is 21.6. The Labute approximate surface area is 179 Å². The van der Waals surface area contributed by atoms with Gasteiger partial charge in [0, 0.05) is 30.3 Å². The van der Waals surface area contributed by atoms with Crippen LogP contribution < -0.4 is 9.62 Å². The van der Waals surface area contributed by atoms with Gasteiger partial charge in [0.2, 0.25) is 5.91 Å². The molecule has 158 valence electrons. The topological polar surface area (TPSA) is 75.7 Å². The lowest BCUT2D eigenvalue weighted by molar-refractivity contribution is -0.121. The van der Waals surface area contributed by atoms with E-state index in [9.17, 15) is 17.6 Å². The molecule has 0 aromatic heterocycles. The monoisotopic (exact) mass is 462 g/mol. The van der Waals surface area contributed by atoms with Crippen molar-refractivity contribution in [2.45, 2.75) is 24.3 Å². The van der Waals surface area contributed by atoms with Crippen molar-refractivity contribution < 1.29 is 22.3 Å². The van der Waals surface area contributed by atoms with Crippen molar-refractivity contribution in [2.24, 2.45) is 0 Å². The summed E-state index contributed by atoms with van der Waals surface area (Å²) >= 11 is 11.8. The quantitative estimate of drug-likeness (QED) is 0.573. The van der Waals surface area contributed by atoms with Crippen molar-refractivity contribution in [3.05, 3.63) is 58.3 Å². The second-order valence-electron chi connectivity index (χ2n) is 6.16. The smallest absolute Gasteiger partial charge is 0.265 e. The summed E-state index contributed by atoms with van der Waals surface area (Å²) in [6, 6.07) is 7.64. The number of halogens is 3. The Morgan fingerprint density at radius 2 is 1.79 bits per heavy atom. The molecule has 6 nitrogen and oxygen atoms in total. The van der Waals surface area contributed by atoms with Gasteiger partial charge in [-0.25, -0.2) is 12.8 Å². The molecule has 2 aromatic rings. The Morgan fingerprint density at radius 1 is 1.17 bits per heavy atom. The molecular formula is C19H21Cl2FN2O4S. The number of ether oxygens (including phenoxy) is 1. The van der Waals surface area contributed by atoms with Crippen molar-refractivity contribution in [3.8, 4) is 0 Å². The molecule has 0 radical (unpaired) electrons. The number of rotatable bonds is 9. The minimum Gasteiger partial charge on any atom is -0.385 e. The lowest BCUT2D eigenvalue weighted by atomic mass is 10.2. The summed E-state index contributed by atoms with van der Waals surface area (Å²) in [5, 5.41) is 3.10. The van der Waals surface area contributed by atoms with Crippen LogP contribution in [0.15, 0.2) is 47.4 Å². The molecule has 0 aliphatic rings. The standard InChI is InChI=1S/C19H21Cl2FN2O4S/c1-13(19(25)23-10-3-11-28-2)24(18-12-15(21)6-9-17(18)22)29(26,27)16-7-4-14(20)5-8-16/h4-9,12-13H,3,10-11H2,1-2H3,(H,23,25). The number of hydrogen-bond donors (Lipinski definition) is 1. The van der Waals surface area contributed by atoms with E-state index < -0.39 is 27.8 Å². The van der Waals surface area contributed by atoms with E-state index in [1.54, 1.807) is 0 Å². The zero-order valence-corrected chi connectivity index (χ0v) is 18.2. The maximum absolute atomic E-state index is 14.6. The number of hydrogen-bond acceptors (Lipinski definition) is 4. The largest absolute Gasteiger partial charge is 0.385 e. The van der Waals surface area contributed by atoms with Gasteiger partial charge in [0.1, 0.15) is 11.9 Å². The van der Waals surface area contributed by atoms with Crippen LogP contribution in [0, 0.1) is 5.82 Å². The summed E-state index contributed by atoms with van der Waals surface area (Å²) in [6.45, 7) is 2.09. The van der Waals surface area contributed by atoms with E-state index in [0.717, 1.165) is 10.4 Å². The predicted octanol–water partition coefficient (Wildman–Crippen LogP) is 3.87. The van der Waals surface area contributed by atoms with Crippen molar-refractivity contribution in [2.75, 3.05) is 24.6 Å². The summed E-state index contributed by atoms with van der Waals surface area (Å²) < 4.78 is 46.8. The van der Waals surface area contributed by atoms with E-state index in [-0.39, 0.29) is 22.2 Å². The average Bonchev–Trinajstić information content (AvgIpc) is 2.68. The van der Waals surface area contributed by atoms with Crippen molar-refractivity contribution in [1.29, 1.82) is 0 Å². The molecule has 0 saturated heterocycles. The molecule has 0 spiro atoms. The third kappa shape index (κ3) is 5.82. The van der Waals surface area contributed by atoms with Gasteiger partial charge >= 0.3 is 0 Å². The molecule has 1 unspecified atom stereocenters. The fourth-order valence-corrected chi connectivity index (χ4v) is 4.51. The highest BCUT2D eigenvalue weighted by Crippen LogP contribution is 2.31. The number of methoxy groups -OCH3 is 1. The zero-order valence-electron chi connectivity index (χ0n) is 15.9. The summed E-state index contributed by atoms with van der Waals surface area (Å²) in [6.07, 6.45) is 0.546. The summed E-state index contributed by atoms with van der Waals surface area (Å²) in [5.74, 6) is -1.41. The first-order valence-electron chi connectivity index (χ1n) is 8.70. The Balaban J connectivity index is 2.47. The van der Waals surface area contributed by atoms with Gasteiger partial charge in [-0.2, -0.15) is 0 Å². The van der Waals surface area contributed by atoms with Crippen LogP contribution in [-0.2, 0) is 19.6 Å². The van der Waals surface area contributed by atoms with Crippen molar-refractivity contribution >= 4 is 44.8 Å². The minimum atomic E-state index is -4.30. The van der Waals surface area contributed by atoms with Gasteiger partial charge in [-0.05, 0) is 55.8 Å². The van der Waals surface area contributed by atoms with E-state index in [1.807, 2.05) is 0 Å². The molecule has 29 heavy (non-hydrogen) atoms. The molecule has 0 saturated carbocycles. The maximum atomic E-state index is 14.6. The molecule has 0 bridgehead atoms. The number of benzene rings is 2. The first kappa shape index (κ1) is 23.4.